The molecule has 1 aromatic carbocycles. The van der Waals surface area contributed by atoms with Gasteiger partial charge in [0.15, 0.2) is 0 Å². The Labute approximate surface area is 110 Å². The number of hydrogen-bond acceptors (Lipinski definition) is 3. The zero-order valence-electron chi connectivity index (χ0n) is 11.4. The first kappa shape index (κ1) is 13.5. The lowest BCUT2D eigenvalue weighted by atomic mass is 10.1. The van der Waals surface area contributed by atoms with E-state index in [0.717, 1.165) is 26.1 Å². The predicted molar refractivity (Wildman–Crippen MR) is 74.5 cm³/mol. The molecule has 0 amide bonds. The summed E-state index contributed by atoms with van der Waals surface area (Å²) < 4.78 is 5.89. The van der Waals surface area contributed by atoms with Gasteiger partial charge in [-0.25, -0.2) is 0 Å². The molecule has 0 spiro atoms. The third-order valence-corrected chi connectivity index (χ3v) is 3.42. The van der Waals surface area contributed by atoms with Crippen molar-refractivity contribution in [2.75, 3.05) is 19.6 Å². The minimum Gasteiger partial charge on any atom is -0.373 e. The Bertz CT molecular complexity index is 363. The van der Waals surface area contributed by atoms with Gasteiger partial charge in [0.2, 0.25) is 0 Å². The molecule has 18 heavy (non-hydrogen) atoms. The van der Waals surface area contributed by atoms with Crippen molar-refractivity contribution in [3.05, 3.63) is 35.4 Å². The Balaban J connectivity index is 1.93. The zero-order valence-corrected chi connectivity index (χ0v) is 11.4. The minimum atomic E-state index is 0.296. The van der Waals surface area contributed by atoms with Crippen molar-refractivity contribution in [1.29, 1.82) is 0 Å². The first-order valence-corrected chi connectivity index (χ1v) is 6.81. The highest BCUT2D eigenvalue weighted by molar-refractivity contribution is 5.21. The lowest BCUT2D eigenvalue weighted by Gasteiger charge is -2.36. The molecule has 100 valence electrons. The molecule has 1 aromatic rings. The number of rotatable bonds is 4. The monoisotopic (exact) mass is 248 g/mol. The average molecular weight is 248 g/mol. The molecule has 0 saturated carbocycles. The molecule has 3 heteroatoms. The topological polar surface area (TPSA) is 38.5 Å². The van der Waals surface area contributed by atoms with E-state index in [0.29, 0.717) is 18.8 Å². The number of ether oxygens (including phenoxy) is 1. The van der Waals surface area contributed by atoms with Crippen molar-refractivity contribution in [3.8, 4) is 0 Å². The Morgan fingerprint density at radius 1 is 1.28 bits per heavy atom. The van der Waals surface area contributed by atoms with Gasteiger partial charge < -0.3 is 10.5 Å². The number of hydrogen-bond donors (Lipinski definition) is 1. The molecular weight excluding hydrogens is 224 g/mol. The maximum absolute atomic E-state index is 5.89. The van der Waals surface area contributed by atoms with Crippen molar-refractivity contribution in [2.45, 2.75) is 39.0 Å². The van der Waals surface area contributed by atoms with Gasteiger partial charge in [-0.3, -0.25) is 4.90 Å². The zero-order chi connectivity index (χ0) is 13.0. The molecule has 0 aliphatic carbocycles. The van der Waals surface area contributed by atoms with E-state index in [1.165, 1.54) is 11.1 Å². The van der Waals surface area contributed by atoms with Crippen LogP contribution >= 0.6 is 0 Å². The summed E-state index contributed by atoms with van der Waals surface area (Å²) in [6, 6.07) is 8.79. The molecular formula is C15H24N2O. The highest BCUT2D eigenvalue weighted by atomic mass is 16.5. The summed E-state index contributed by atoms with van der Waals surface area (Å²) in [5.74, 6) is 0. The van der Waals surface area contributed by atoms with Crippen molar-refractivity contribution >= 4 is 0 Å². The second-order valence-corrected chi connectivity index (χ2v) is 5.33. The molecule has 2 rings (SSSR count). The summed E-state index contributed by atoms with van der Waals surface area (Å²) >= 11 is 0. The van der Waals surface area contributed by atoms with Crippen LogP contribution in [0.25, 0.3) is 0 Å². The van der Waals surface area contributed by atoms with Crippen LogP contribution in [0.3, 0.4) is 0 Å². The molecule has 2 atom stereocenters. The summed E-state index contributed by atoms with van der Waals surface area (Å²) in [6.45, 7) is 7.98. The molecule has 1 aliphatic heterocycles. The van der Waals surface area contributed by atoms with Crippen LogP contribution < -0.4 is 5.73 Å². The molecule has 0 bridgehead atoms. The van der Waals surface area contributed by atoms with Crippen LogP contribution in [0.15, 0.2) is 24.3 Å². The summed E-state index contributed by atoms with van der Waals surface area (Å²) in [5, 5.41) is 0. The first-order valence-electron chi connectivity index (χ1n) is 6.81. The van der Waals surface area contributed by atoms with Crippen LogP contribution in [0.4, 0.5) is 0 Å². The standard InChI is InChI=1S/C15H24N2O/c1-12-3-5-14(6-4-12)10-17-9-13(2)18-15(11-17)7-8-16/h3-6,13,15H,7-11,16H2,1-2H3. The Kier molecular flexibility index (Phi) is 4.75. The van der Waals surface area contributed by atoms with Crippen molar-refractivity contribution < 1.29 is 4.74 Å². The second-order valence-electron chi connectivity index (χ2n) is 5.33. The van der Waals surface area contributed by atoms with Gasteiger partial charge >= 0.3 is 0 Å². The fourth-order valence-corrected chi connectivity index (χ4v) is 2.57. The van der Waals surface area contributed by atoms with Crippen LogP contribution in [-0.2, 0) is 11.3 Å². The number of nitrogens with zero attached hydrogens (tertiary/aromatic N) is 1. The van der Waals surface area contributed by atoms with Gasteiger partial charge in [-0.15, -0.1) is 0 Å². The molecule has 2 N–H and O–H groups in total. The molecule has 1 aliphatic rings. The van der Waals surface area contributed by atoms with E-state index >= 15 is 0 Å². The summed E-state index contributed by atoms with van der Waals surface area (Å²) in [7, 11) is 0. The van der Waals surface area contributed by atoms with Gasteiger partial charge in [0.25, 0.3) is 0 Å². The third kappa shape index (κ3) is 3.80. The van der Waals surface area contributed by atoms with Gasteiger partial charge in [-0.05, 0) is 32.4 Å². The van der Waals surface area contributed by atoms with Gasteiger partial charge in [0.1, 0.15) is 0 Å². The predicted octanol–water partition coefficient (Wildman–Crippen LogP) is 1.93. The lowest BCUT2D eigenvalue weighted by Crippen LogP contribution is -2.46. The maximum Gasteiger partial charge on any atom is 0.0718 e. The van der Waals surface area contributed by atoms with E-state index in [1.807, 2.05) is 0 Å². The normalized spacial score (nSPS) is 25.3. The highest BCUT2D eigenvalue weighted by Gasteiger charge is 2.24. The van der Waals surface area contributed by atoms with Gasteiger partial charge in [-0.2, -0.15) is 0 Å². The van der Waals surface area contributed by atoms with Crippen LogP contribution in [-0.4, -0.2) is 36.7 Å². The maximum atomic E-state index is 5.89. The minimum absolute atomic E-state index is 0.296. The molecule has 1 heterocycles. The van der Waals surface area contributed by atoms with Gasteiger partial charge in [0.05, 0.1) is 12.2 Å². The van der Waals surface area contributed by atoms with Crippen LogP contribution in [0.5, 0.6) is 0 Å². The van der Waals surface area contributed by atoms with Crippen LogP contribution in [0.1, 0.15) is 24.5 Å². The molecule has 1 fully saturated rings. The number of aryl methyl sites for hydroxylation is 1. The lowest BCUT2D eigenvalue weighted by molar-refractivity contribution is -0.0809. The number of morpholine rings is 1. The largest absolute Gasteiger partial charge is 0.373 e. The molecule has 0 radical (unpaired) electrons. The smallest absolute Gasteiger partial charge is 0.0718 e. The van der Waals surface area contributed by atoms with E-state index < -0.39 is 0 Å². The van der Waals surface area contributed by atoms with E-state index in [4.69, 9.17) is 10.5 Å². The van der Waals surface area contributed by atoms with Crippen molar-refractivity contribution in [3.63, 3.8) is 0 Å². The van der Waals surface area contributed by atoms with Gasteiger partial charge in [0, 0.05) is 19.6 Å². The van der Waals surface area contributed by atoms with Gasteiger partial charge in [-0.1, -0.05) is 29.8 Å². The van der Waals surface area contributed by atoms with E-state index in [-0.39, 0.29) is 0 Å². The van der Waals surface area contributed by atoms with Crippen molar-refractivity contribution in [1.82, 2.24) is 4.90 Å². The molecule has 0 aromatic heterocycles. The van der Waals surface area contributed by atoms with Crippen LogP contribution in [0.2, 0.25) is 0 Å². The Hall–Kier alpha value is -0.900. The number of benzene rings is 1. The molecule has 1 saturated heterocycles. The average Bonchev–Trinajstić information content (AvgIpc) is 2.32. The van der Waals surface area contributed by atoms with E-state index in [1.54, 1.807) is 0 Å². The highest BCUT2D eigenvalue weighted by Crippen LogP contribution is 2.16. The summed E-state index contributed by atoms with van der Waals surface area (Å²) in [4.78, 5) is 2.47. The third-order valence-electron chi connectivity index (χ3n) is 3.42. The van der Waals surface area contributed by atoms with Crippen molar-refractivity contribution in [2.24, 2.45) is 5.73 Å². The second kappa shape index (κ2) is 6.32. The summed E-state index contributed by atoms with van der Waals surface area (Å²) in [6.07, 6.45) is 1.55. The number of nitrogens with two attached hydrogens (primary N) is 1. The quantitative estimate of drug-likeness (QED) is 0.885. The Morgan fingerprint density at radius 2 is 2.00 bits per heavy atom. The van der Waals surface area contributed by atoms with Crippen LogP contribution in [0, 0.1) is 6.92 Å². The Morgan fingerprint density at radius 3 is 2.67 bits per heavy atom. The molecule has 3 nitrogen and oxygen atoms in total. The fourth-order valence-electron chi connectivity index (χ4n) is 2.57. The first-order chi connectivity index (χ1) is 8.67. The molecule has 2 unspecified atom stereocenters. The fraction of sp³-hybridized carbons (Fsp3) is 0.600. The summed E-state index contributed by atoms with van der Waals surface area (Å²) in [5.41, 5.74) is 8.31. The van der Waals surface area contributed by atoms with E-state index in [2.05, 4.69) is 43.0 Å². The SMILES string of the molecule is Cc1ccc(CN2CC(C)OC(CCN)C2)cc1. The van der Waals surface area contributed by atoms with E-state index in [9.17, 15) is 0 Å².